The van der Waals surface area contributed by atoms with Crippen LogP contribution in [0.2, 0.25) is 5.02 Å². The van der Waals surface area contributed by atoms with E-state index in [1.54, 1.807) is 0 Å². The first-order chi connectivity index (χ1) is 17.9. The van der Waals surface area contributed by atoms with Crippen molar-refractivity contribution in [2.45, 2.75) is 63.7 Å². The SMILES string of the molecule is O=C(O)CC1CCC(c2ccc(CC(=O)CCCC(=O)c3ccc(-c4ccccc4Cl)cc3)cc2)CC1. The molecule has 3 aromatic carbocycles. The second-order valence-corrected chi connectivity index (χ2v) is 10.5. The first-order valence-electron chi connectivity index (χ1n) is 13.1. The van der Waals surface area contributed by atoms with Crippen molar-refractivity contribution < 1.29 is 19.5 Å². The molecule has 0 atom stereocenters. The van der Waals surface area contributed by atoms with Gasteiger partial charge in [-0.25, -0.2) is 0 Å². The van der Waals surface area contributed by atoms with Crippen LogP contribution in [-0.2, 0) is 16.0 Å². The molecule has 192 valence electrons. The van der Waals surface area contributed by atoms with Gasteiger partial charge in [0, 0.05) is 41.8 Å². The van der Waals surface area contributed by atoms with Crippen LogP contribution in [0.15, 0.2) is 72.8 Å². The third-order valence-corrected chi connectivity index (χ3v) is 7.74. The Morgan fingerprint density at radius 1 is 0.811 bits per heavy atom. The lowest BCUT2D eigenvalue weighted by Crippen LogP contribution is -2.16. The molecule has 37 heavy (non-hydrogen) atoms. The number of carbonyl (C=O) groups is 3. The fourth-order valence-corrected chi connectivity index (χ4v) is 5.54. The second kappa shape index (κ2) is 12.8. The molecule has 0 aliphatic heterocycles. The maximum absolute atomic E-state index is 12.6. The molecule has 1 fully saturated rings. The Balaban J connectivity index is 1.20. The number of carbonyl (C=O) groups excluding carboxylic acids is 2. The number of rotatable bonds is 11. The van der Waals surface area contributed by atoms with Gasteiger partial charge in [-0.2, -0.15) is 0 Å². The van der Waals surface area contributed by atoms with E-state index >= 15 is 0 Å². The number of halogens is 1. The van der Waals surface area contributed by atoms with Crippen molar-refractivity contribution >= 4 is 29.1 Å². The first-order valence-corrected chi connectivity index (χ1v) is 13.5. The van der Waals surface area contributed by atoms with Gasteiger partial charge in [0.05, 0.1) is 0 Å². The Hall–Kier alpha value is -3.24. The summed E-state index contributed by atoms with van der Waals surface area (Å²) in [5.41, 5.74) is 4.82. The first kappa shape index (κ1) is 26.8. The fourth-order valence-electron chi connectivity index (χ4n) is 5.29. The number of carboxylic acids is 1. The van der Waals surface area contributed by atoms with Crippen molar-refractivity contribution in [2.75, 3.05) is 0 Å². The second-order valence-electron chi connectivity index (χ2n) is 10.1. The van der Waals surface area contributed by atoms with Crippen LogP contribution >= 0.6 is 11.6 Å². The molecular formula is C32H33ClO4. The van der Waals surface area contributed by atoms with E-state index in [4.69, 9.17) is 16.7 Å². The zero-order valence-electron chi connectivity index (χ0n) is 21.0. The van der Waals surface area contributed by atoms with Crippen LogP contribution < -0.4 is 0 Å². The van der Waals surface area contributed by atoms with E-state index in [2.05, 4.69) is 12.1 Å². The monoisotopic (exact) mass is 516 g/mol. The molecule has 1 saturated carbocycles. The molecule has 5 heteroatoms. The summed E-state index contributed by atoms with van der Waals surface area (Å²) in [6.45, 7) is 0. The van der Waals surface area contributed by atoms with Crippen LogP contribution in [0.5, 0.6) is 0 Å². The van der Waals surface area contributed by atoms with Gasteiger partial charge in [0.15, 0.2) is 5.78 Å². The third kappa shape index (κ3) is 7.62. The van der Waals surface area contributed by atoms with Crippen LogP contribution in [0.25, 0.3) is 11.1 Å². The molecule has 1 N–H and O–H groups in total. The zero-order valence-corrected chi connectivity index (χ0v) is 21.8. The van der Waals surface area contributed by atoms with Gasteiger partial charge in [-0.15, -0.1) is 0 Å². The van der Waals surface area contributed by atoms with Crippen molar-refractivity contribution in [3.8, 4) is 11.1 Å². The quantitative estimate of drug-likeness (QED) is 0.263. The highest BCUT2D eigenvalue weighted by Gasteiger charge is 2.24. The molecule has 0 unspecified atom stereocenters. The highest BCUT2D eigenvalue weighted by atomic mass is 35.5. The molecule has 1 aliphatic carbocycles. The van der Waals surface area contributed by atoms with Gasteiger partial charge in [-0.3, -0.25) is 14.4 Å². The van der Waals surface area contributed by atoms with Crippen molar-refractivity contribution in [2.24, 2.45) is 5.92 Å². The van der Waals surface area contributed by atoms with Gasteiger partial charge in [0.1, 0.15) is 5.78 Å². The van der Waals surface area contributed by atoms with Crippen molar-refractivity contribution in [1.29, 1.82) is 0 Å². The molecule has 0 radical (unpaired) electrons. The minimum absolute atomic E-state index is 0.0425. The van der Waals surface area contributed by atoms with E-state index in [1.807, 2.05) is 60.7 Å². The topological polar surface area (TPSA) is 71.4 Å². The van der Waals surface area contributed by atoms with Gasteiger partial charge in [0.2, 0.25) is 0 Å². The number of ketones is 2. The summed E-state index contributed by atoms with van der Waals surface area (Å²) < 4.78 is 0. The Labute approximate surface area is 223 Å². The molecule has 0 heterocycles. The van der Waals surface area contributed by atoms with Crippen LogP contribution in [0.3, 0.4) is 0 Å². The molecular weight excluding hydrogens is 484 g/mol. The Bertz CT molecular complexity index is 1220. The lowest BCUT2D eigenvalue weighted by atomic mass is 9.77. The maximum Gasteiger partial charge on any atom is 0.303 e. The molecule has 0 spiro atoms. The van der Waals surface area contributed by atoms with Crippen LogP contribution in [0.4, 0.5) is 0 Å². The van der Waals surface area contributed by atoms with Crippen molar-refractivity contribution in [3.05, 3.63) is 94.5 Å². The summed E-state index contributed by atoms with van der Waals surface area (Å²) in [6, 6.07) is 23.4. The lowest BCUT2D eigenvalue weighted by Gasteiger charge is -2.28. The van der Waals surface area contributed by atoms with Gasteiger partial charge in [0.25, 0.3) is 0 Å². The molecule has 4 rings (SSSR count). The molecule has 0 amide bonds. The highest BCUT2D eigenvalue weighted by molar-refractivity contribution is 6.33. The standard InChI is InChI=1S/C32H33ClO4/c33-30-6-2-1-5-29(30)26-16-18-27(19-17-26)31(35)7-3-4-28(34)20-22-8-12-24(13-9-22)25-14-10-23(11-15-25)21-32(36)37/h1-2,5-6,8-9,12-13,16-19,23,25H,3-4,7,10-11,14-15,20-21H2,(H,36,37). The summed E-state index contributed by atoms with van der Waals surface area (Å²) in [7, 11) is 0. The minimum atomic E-state index is -0.704. The van der Waals surface area contributed by atoms with E-state index in [0.717, 1.165) is 42.4 Å². The maximum atomic E-state index is 12.6. The largest absolute Gasteiger partial charge is 0.481 e. The number of benzene rings is 3. The molecule has 0 bridgehead atoms. The zero-order chi connectivity index (χ0) is 26.2. The van der Waals surface area contributed by atoms with Gasteiger partial charge < -0.3 is 5.11 Å². The predicted octanol–water partition coefficient (Wildman–Crippen LogP) is 7.92. The normalized spacial score (nSPS) is 17.3. The third-order valence-electron chi connectivity index (χ3n) is 7.41. The molecule has 0 saturated heterocycles. The van der Waals surface area contributed by atoms with Crippen LogP contribution in [-0.4, -0.2) is 22.6 Å². The minimum Gasteiger partial charge on any atom is -0.481 e. The van der Waals surface area contributed by atoms with Gasteiger partial charge >= 0.3 is 5.97 Å². The van der Waals surface area contributed by atoms with Crippen molar-refractivity contribution in [1.82, 2.24) is 0 Å². The lowest BCUT2D eigenvalue weighted by molar-refractivity contribution is -0.138. The Morgan fingerprint density at radius 2 is 1.49 bits per heavy atom. The van der Waals surface area contributed by atoms with Crippen LogP contribution in [0.1, 0.15) is 78.8 Å². The fraction of sp³-hybridized carbons (Fsp3) is 0.344. The van der Waals surface area contributed by atoms with Gasteiger partial charge in [-0.1, -0.05) is 78.3 Å². The van der Waals surface area contributed by atoms with E-state index in [0.29, 0.717) is 48.1 Å². The van der Waals surface area contributed by atoms with E-state index < -0.39 is 5.97 Å². The average Bonchev–Trinajstić information content (AvgIpc) is 2.90. The molecule has 3 aromatic rings. The number of carboxylic acid groups (broad SMARTS) is 1. The summed E-state index contributed by atoms with van der Waals surface area (Å²) >= 11 is 6.26. The summed E-state index contributed by atoms with van der Waals surface area (Å²) in [5.74, 6) is 0.250. The number of aliphatic carboxylic acids is 1. The average molecular weight is 517 g/mol. The number of Topliss-reactive ketones (excluding diaryl/α,β-unsaturated/α-hetero) is 2. The molecule has 1 aliphatic rings. The summed E-state index contributed by atoms with van der Waals surface area (Å²) in [6.07, 6.45) is 5.89. The molecule has 0 aromatic heterocycles. The van der Waals surface area contributed by atoms with E-state index in [1.165, 1.54) is 5.56 Å². The van der Waals surface area contributed by atoms with Crippen molar-refractivity contribution in [3.63, 3.8) is 0 Å². The molecule has 4 nitrogen and oxygen atoms in total. The van der Waals surface area contributed by atoms with Gasteiger partial charge in [-0.05, 0) is 66.7 Å². The van der Waals surface area contributed by atoms with E-state index in [-0.39, 0.29) is 18.0 Å². The smallest absolute Gasteiger partial charge is 0.303 e. The number of hydrogen-bond donors (Lipinski definition) is 1. The Morgan fingerprint density at radius 3 is 2.14 bits per heavy atom. The Kier molecular flexibility index (Phi) is 9.29. The predicted molar refractivity (Wildman–Crippen MR) is 147 cm³/mol. The summed E-state index contributed by atoms with van der Waals surface area (Å²) in [4.78, 5) is 36.0. The number of hydrogen-bond acceptors (Lipinski definition) is 3. The highest BCUT2D eigenvalue weighted by Crippen LogP contribution is 2.37. The van der Waals surface area contributed by atoms with E-state index in [9.17, 15) is 14.4 Å². The van der Waals surface area contributed by atoms with Crippen LogP contribution in [0, 0.1) is 5.92 Å². The summed E-state index contributed by atoms with van der Waals surface area (Å²) in [5, 5.41) is 9.67.